The van der Waals surface area contributed by atoms with E-state index in [-0.39, 0.29) is 5.97 Å². The van der Waals surface area contributed by atoms with Crippen molar-refractivity contribution >= 4 is 21.9 Å². The fraction of sp³-hybridized carbons (Fsp3) is 0.952. The van der Waals surface area contributed by atoms with Crippen molar-refractivity contribution in [2.75, 3.05) is 12.4 Å². The molecule has 0 bridgehead atoms. The number of hydrogen-bond acceptors (Lipinski definition) is 2. The maximum Gasteiger partial charge on any atom is 0.305 e. The minimum atomic E-state index is -0.0651. The standard InChI is InChI=1S/C21H41BrO2/c1-24-21(23)19-17-15-13-11-9-7-5-3-2-4-6-8-10-12-14-16-18-20-22/h2-20H2,1H3. The monoisotopic (exact) mass is 404 g/mol. The summed E-state index contributed by atoms with van der Waals surface area (Å²) in [4.78, 5) is 11.0. The Hall–Kier alpha value is -0.0500. The van der Waals surface area contributed by atoms with Crippen LogP contribution in [0.1, 0.15) is 116 Å². The van der Waals surface area contributed by atoms with Gasteiger partial charge in [-0.3, -0.25) is 4.79 Å². The van der Waals surface area contributed by atoms with Crippen LogP contribution in [0.5, 0.6) is 0 Å². The Morgan fingerprint density at radius 3 is 1.17 bits per heavy atom. The van der Waals surface area contributed by atoms with Gasteiger partial charge in [-0.1, -0.05) is 112 Å². The van der Waals surface area contributed by atoms with Crippen LogP contribution in [-0.4, -0.2) is 18.4 Å². The zero-order valence-electron chi connectivity index (χ0n) is 16.1. The van der Waals surface area contributed by atoms with E-state index in [1.807, 2.05) is 0 Å². The molecule has 0 aliphatic heterocycles. The van der Waals surface area contributed by atoms with Crippen LogP contribution in [0.25, 0.3) is 0 Å². The number of methoxy groups -OCH3 is 1. The van der Waals surface area contributed by atoms with Gasteiger partial charge in [0.2, 0.25) is 0 Å². The molecule has 0 saturated carbocycles. The lowest BCUT2D eigenvalue weighted by Gasteiger charge is -2.03. The molecule has 0 unspecified atom stereocenters. The predicted octanol–water partition coefficient (Wildman–Crippen LogP) is 7.58. The highest BCUT2D eigenvalue weighted by Crippen LogP contribution is 2.14. The van der Waals surface area contributed by atoms with Gasteiger partial charge in [0.05, 0.1) is 7.11 Å². The first-order valence-corrected chi connectivity index (χ1v) is 11.6. The van der Waals surface area contributed by atoms with Crippen molar-refractivity contribution in [3.63, 3.8) is 0 Å². The lowest BCUT2D eigenvalue weighted by Crippen LogP contribution is -1.99. The lowest BCUT2D eigenvalue weighted by molar-refractivity contribution is -0.140. The van der Waals surface area contributed by atoms with Gasteiger partial charge >= 0.3 is 5.97 Å². The van der Waals surface area contributed by atoms with Crippen LogP contribution in [0.15, 0.2) is 0 Å². The van der Waals surface area contributed by atoms with Crippen LogP contribution in [0.3, 0.4) is 0 Å². The van der Waals surface area contributed by atoms with Crippen LogP contribution in [0.4, 0.5) is 0 Å². The van der Waals surface area contributed by atoms with Crippen molar-refractivity contribution in [1.29, 1.82) is 0 Å². The summed E-state index contributed by atoms with van der Waals surface area (Å²) >= 11 is 3.49. The van der Waals surface area contributed by atoms with E-state index >= 15 is 0 Å². The molecule has 0 aromatic carbocycles. The maximum absolute atomic E-state index is 11.0. The van der Waals surface area contributed by atoms with E-state index in [1.54, 1.807) is 0 Å². The van der Waals surface area contributed by atoms with Crippen molar-refractivity contribution in [2.45, 2.75) is 116 Å². The summed E-state index contributed by atoms with van der Waals surface area (Å²) < 4.78 is 4.64. The van der Waals surface area contributed by atoms with Crippen LogP contribution in [0.2, 0.25) is 0 Å². The third-order valence-electron chi connectivity index (χ3n) is 4.74. The number of ether oxygens (including phenoxy) is 1. The molecule has 0 N–H and O–H groups in total. The van der Waals surface area contributed by atoms with Crippen LogP contribution < -0.4 is 0 Å². The molecule has 0 aromatic rings. The van der Waals surface area contributed by atoms with Crippen molar-refractivity contribution in [2.24, 2.45) is 0 Å². The smallest absolute Gasteiger partial charge is 0.305 e. The summed E-state index contributed by atoms with van der Waals surface area (Å²) in [6, 6.07) is 0. The van der Waals surface area contributed by atoms with Gasteiger partial charge in [-0.05, 0) is 12.8 Å². The predicted molar refractivity (Wildman–Crippen MR) is 109 cm³/mol. The fourth-order valence-corrected chi connectivity index (χ4v) is 3.51. The van der Waals surface area contributed by atoms with Gasteiger partial charge in [0.1, 0.15) is 0 Å². The fourth-order valence-electron chi connectivity index (χ4n) is 3.12. The second-order valence-electron chi connectivity index (χ2n) is 7.03. The first kappa shape index (κ1) is 23.9. The zero-order chi connectivity index (χ0) is 17.7. The molecule has 0 fully saturated rings. The summed E-state index contributed by atoms with van der Waals surface area (Å²) in [6.07, 6.45) is 23.8. The Bertz CT molecular complexity index is 256. The molecule has 3 heteroatoms. The average Bonchev–Trinajstić information content (AvgIpc) is 2.60. The normalized spacial score (nSPS) is 10.9. The third-order valence-corrected chi connectivity index (χ3v) is 5.30. The topological polar surface area (TPSA) is 26.3 Å². The second kappa shape index (κ2) is 21.0. The Morgan fingerprint density at radius 1 is 0.583 bits per heavy atom. The number of halogens is 1. The Balaban J connectivity index is 2.99. The molecule has 0 rings (SSSR count). The minimum absolute atomic E-state index is 0.0651. The first-order valence-electron chi connectivity index (χ1n) is 10.4. The number of carbonyl (C=O) groups is 1. The summed E-state index contributed by atoms with van der Waals surface area (Å²) in [7, 11) is 1.47. The number of esters is 1. The van der Waals surface area contributed by atoms with Gasteiger partial charge < -0.3 is 4.74 Å². The largest absolute Gasteiger partial charge is 0.469 e. The number of unbranched alkanes of at least 4 members (excludes halogenated alkanes) is 16. The summed E-state index contributed by atoms with van der Waals surface area (Å²) in [6.45, 7) is 0. The summed E-state index contributed by atoms with van der Waals surface area (Å²) in [5.41, 5.74) is 0. The number of rotatable bonds is 19. The van der Waals surface area contributed by atoms with Gasteiger partial charge in [0.25, 0.3) is 0 Å². The Morgan fingerprint density at radius 2 is 0.875 bits per heavy atom. The summed E-state index contributed by atoms with van der Waals surface area (Å²) in [5, 5.41) is 1.17. The Kier molecular flexibility index (Phi) is 20.9. The molecule has 0 amide bonds. The van der Waals surface area contributed by atoms with Gasteiger partial charge in [0.15, 0.2) is 0 Å². The highest BCUT2D eigenvalue weighted by molar-refractivity contribution is 9.09. The summed E-state index contributed by atoms with van der Waals surface area (Å²) in [5.74, 6) is -0.0651. The SMILES string of the molecule is COC(=O)CCCCCCCCCCCCCCCCCCCBr. The van der Waals surface area contributed by atoms with Gasteiger partial charge in [-0.25, -0.2) is 0 Å². The molecule has 144 valence electrons. The first-order chi connectivity index (χ1) is 11.8. The van der Waals surface area contributed by atoms with E-state index in [0.29, 0.717) is 6.42 Å². The molecule has 0 radical (unpaired) electrons. The van der Waals surface area contributed by atoms with Crippen LogP contribution >= 0.6 is 15.9 Å². The van der Waals surface area contributed by atoms with E-state index in [1.165, 1.54) is 115 Å². The molecule has 0 spiro atoms. The second-order valence-corrected chi connectivity index (χ2v) is 7.82. The van der Waals surface area contributed by atoms with E-state index in [4.69, 9.17) is 0 Å². The molecule has 0 saturated heterocycles. The van der Waals surface area contributed by atoms with E-state index in [0.717, 1.165) is 6.42 Å². The molecular weight excluding hydrogens is 364 g/mol. The molecule has 2 nitrogen and oxygen atoms in total. The van der Waals surface area contributed by atoms with Gasteiger partial charge in [-0.15, -0.1) is 0 Å². The highest BCUT2D eigenvalue weighted by Gasteiger charge is 1.99. The molecule has 0 heterocycles. The number of hydrogen-bond donors (Lipinski definition) is 0. The van der Waals surface area contributed by atoms with E-state index in [2.05, 4.69) is 20.7 Å². The quantitative estimate of drug-likeness (QED) is 0.126. The van der Waals surface area contributed by atoms with Crippen LogP contribution in [0, 0.1) is 0 Å². The molecular formula is C21H41BrO2. The highest BCUT2D eigenvalue weighted by atomic mass is 79.9. The van der Waals surface area contributed by atoms with Crippen molar-refractivity contribution in [1.82, 2.24) is 0 Å². The average molecular weight is 405 g/mol. The molecule has 0 aliphatic rings. The zero-order valence-corrected chi connectivity index (χ0v) is 17.7. The molecule has 24 heavy (non-hydrogen) atoms. The molecule has 0 atom stereocenters. The van der Waals surface area contributed by atoms with Crippen molar-refractivity contribution < 1.29 is 9.53 Å². The van der Waals surface area contributed by atoms with Gasteiger partial charge in [-0.2, -0.15) is 0 Å². The Labute approximate surface area is 159 Å². The number of carbonyl (C=O) groups excluding carboxylic acids is 1. The lowest BCUT2D eigenvalue weighted by atomic mass is 10.0. The van der Waals surface area contributed by atoms with E-state index < -0.39 is 0 Å². The minimum Gasteiger partial charge on any atom is -0.469 e. The molecule has 0 aliphatic carbocycles. The number of alkyl halides is 1. The molecule has 0 aromatic heterocycles. The van der Waals surface area contributed by atoms with Crippen molar-refractivity contribution in [3.05, 3.63) is 0 Å². The van der Waals surface area contributed by atoms with Crippen molar-refractivity contribution in [3.8, 4) is 0 Å². The maximum atomic E-state index is 11.0. The van der Waals surface area contributed by atoms with Crippen LogP contribution in [-0.2, 0) is 9.53 Å². The third kappa shape index (κ3) is 20.0. The van der Waals surface area contributed by atoms with Gasteiger partial charge in [0, 0.05) is 11.8 Å². The van der Waals surface area contributed by atoms with E-state index in [9.17, 15) is 4.79 Å².